The number of nitrogen functional groups attached to an aromatic ring is 1. The van der Waals surface area contributed by atoms with Crippen molar-refractivity contribution in [1.82, 2.24) is 4.98 Å². The van der Waals surface area contributed by atoms with Crippen LogP contribution in [-0.4, -0.2) is 11.3 Å². The Hall–Kier alpha value is -0.440. The van der Waals surface area contributed by atoms with Gasteiger partial charge in [0.1, 0.15) is 16.7 Å². The number of ether oxygens (including phenoxy) is 1. The van der Waals surface area contributed by atoms with Crippen molar-refractivity contribution in [2.45, 2.75) is 6.36 Å². The highest BCUT2D eigenvalue weighted by Gasteiger charge is 2.32. The molecule has 1 rings (SSSR count). The van der Waals surface area contributed by atoms with Crippen molar-refractivity contribution >= 4 is 40.0 Å². The maximum Gasteiger partial charge on any atom is 0.573 e. The first kappa shape index (κ1) is 11.6. The van der Waals surface area contributed by atoms with E-state index in [9.17, 15) is 13.2 Å². The fourth-order valence-corrected chi connectivity index (χ4v) is 1.27. The van der Waals surface area contributed by atoms with Crippen LogP contribution in [0.3, 0.4) is 0 Å². The Morgan fingerprint density at radius 2 is 2.07 bits per heavy atom. The summed E-state index contributed by atoms with van der Waals surface area (Å²) in [5.41, 5.74) is 5.20. The van der Waals surface area contributed by atoms with E-state index in [-0.39, 0.29) is 14.5 Å². The summed E-state index contributed by atoms with van der Waals surface area (Å²) in [4.78, 5) is 3.55. The van der Waals surface area contributed by atoms with E-state index in [1.54, 1.807) is 22.6 Å². The zero-order valence-corrected chi connectivity index (χ0v) is 9.31. The second kappa shape index (κ2) is 3.97. The normalized spacial score (nSPS) is 11.5. The minimum atomic E-state index is -4.77. The lowest BCUT2D eigenvalue weighted by molar-refractivity contribution is -0.274. The summed E-state index contributed by atoms with van der Waals surface area (Å²) in [6.07, 6.45) is -4.77. The van der Waals surface area contributed by atoms with Crippen LogP contribution in [0.2, 0.25) is 5.15 Å². The molecule has 2 N–H and O–H groups in total. The van der Waals surface area contributed by atoms with Gasteiger partial charge >= 0.3 is 6.36 Å². The van der Waals surface area contributed by atoms with Crippen LogP contribution in [0.5, 0.6) is 5.75 Å². The first-order valence-corrected chi connectivity index (χ1v) is 4.62. The monoisotopic (exact) mass is 338 g/mol. The largest absolute Gasteiger partial charge is 0.573 e. The third-order valence-electron chi connectivity index (χ3n) is 1.13. The van der Waals surface area contributed by atoms with Crippen molar-refractivity contribution in [2.75, 3.05) is 5.73 Å². The molecule has 0 aliphatic heterocycles. The number of aromatic nitrogens is 1. The number of alkyl halides is 3. The van der Waals surface area contributed by atoms with Crippen LogP contribution in [0.4, 0.5) is 19.0 Å². The van der Waals surface area contributed by atoms with Crippen molar-refractivity contribution < 1.29 is 17.9 Å². The zero-order chi connectivity index (χ0) is 10.9. The highest BCUT2D eigenvalue weighted by Crippen LogP contribution is 2.32. The van der Waals surface area contributed by atoms with Crippen molar-refractivity contribution in [3.8, 4) is 5.75 Å². The first-order chi connectivity index (χ1) is 6.29. The summed E-state index contributed by atoms with van der Waals surface area (Å²) in [5, 5.41) is -0.121. The topological polar surface area (TPSA) is 48.1 Å². The third kappa shape index (κ3) is 3.05. The van der Waals surface area contributed by atoms with Gasteiger partial charge < -0.3 is 10.5 Å². The minimum Gasteiger partial charge on any atom is -0.404 e. The molecule has 14 heavy (non-hydrogen) atoms. The number of rotatable bonds is 1. The van der Waals surface area contributed by atoms with Crippen LogP contribution >= 0.6 is 34.2 Å². The van der Waals surface area contributed by atoms with E-state index in [4.69, 9.17) is 17.3 Å². The van der Waals surface area contributed by atoms with Crippen LogP contribution in [-0.2, 0) is 0 Å². The number of nitrogens with two attached hydrogens (primary N) is 1. The van der Waals surface area contributed by atoms with Gasteiger partial charge in [-0.05, 0) is 22.6 Å². The predicted molar refractivity (Wildman–Crippen MR) is 53.1 cm³/mol. The second-order valence-electron chi connectivity index (χ2n) is 2.20. The zero-order valence-electron chi connectivity index (χ0n) is 6.40. The average Bonchev–Trinajstić information content (AvgIpc) is 1.96. The van der Waals surface area contributed by atoms with E-state index in [2.05, 4.69) is 9.72 Å². The number of hydrogen-bond donors (Lipinski definition) is 1. The second-order valence-corrected chi connectivity index (χ2v) is 3.63. The molecule has 0 aliphatic rings. The number of halogens is 5. The molecule has 1 aromatic rings. The van der Waals surface area contributed by atoms with Crippen molar-refractivity contribution in [1.29, 1.82) is 0 Å². The standard InChI is InChI=1S/C6H3ClF3IN2O/c7-5-4(11)2(1-3(12)13-5)14-6(8,9)10/h1H,(H2,12,13). The smallest absolute Gasteiger partial charge is 0.404 e. The van der Waals surface area contributed by atoms with E-state index < -0.39 is 12.1 Å². The lowest BCUT2D eigenvalue weighted by atomic mass is 10.4. The molecule has 78 valence electrons. The maximum atomic E-state index is 11.9. The molecule has 1 heterocycles. The molecule has 0 saturated heterocycles. The van der Waals surface area contributed by atoms with E-state index in [1.807, 2.05) is 0 Å². The predicted octanol–water partition coefficient (Wildman–Crippen LogP) is 2.82. The van der Waals surface area contributed by atoms with Gasteiger partial charge in [-0.15, -0.1) is 13.2 Å². The number of hydrogen-bond acceptors (Lipinski definition) is 3. The van der Waals surface area contributed by atoms with Gasteiger partial charge in [-0.1, -0.05) is 11.6 Å². The minimum absolute atomic E-state index is 0.0655. The first-order valence-electron chi connectivity index (χ1n) is 3.17. The van der Waals surface area contributed by atoms with Crippen LogP contribution in [0.15, 0.2) is 6.07 Å². The Labute approximate surface area is 95.5 Å². The van der Waals surface area contributed by atoms with Gasteiger partial charge in [0.05, 0.1) is 3.57 Å². The summed E-state index contributed by atoms with van der Waals surface area (Å²) in [5.74, 6) is -0.578. The average molecular weight is 338 g/mol. The summed E-state index contributed by atoms with van der Waals surface area (Å²) >= 11 is 7.09. The lowest BCUT2D eigenvalue weighted by Gasteiger charge is -2.11. The Morgan fingerprint density at radius 3 is 2.57 bits per heavy atom. The molecule has 0 radical (unpaired) electrons. The molecule has 0 amide bonds. The summed E-state index contributed by atoms with van der Waals surface area (Å²) in [7, 11) is 0. The molecule has 3 nitrogen and oxygen atoms in total. The molecule has 0 saturated carbocycles. The lowest BCUT2D eigenvalue weighted by Crippen LogP contribution is -2.18. The molecule has 0 unspecified atom stereocenters. The fourth-order valence-electron chi connectivity index (χ4n) is 0.693. The number of anilines is 1. The Bertz CT molecular complexity index is 358. The molecule has 0 atom stereocenters. The van der Waals surface area contributed by atoms with Crippen molar-refractivity contribution in [2.24, 2.45) is 0 Å². The maximum absolute atomic E-state index is 11.9. The van der Waals surface area contributed by atoms with Crippen LogP contribution in [0, 0.1) is 3.57 Å². The van der Waals surface area contributed by atoms with Gasteiger partial charge in [-0.2, -0.15) is 0 Å². The molecule has 0 bridgehead atoms. The van der Waals surface area contributed by atoms with E-state index in [0.717, 1.165) is 6.07 Å². The van der Waals surface area contributed by atoms with E-state index in [0.29, 0.717) is 0 Å². The van der Waals surface area contributed by atoms with Gasteiger partial charge in [-0.3, -0.25) is 0 Å². The molecule has 0 aliphatic carbocycles. The van der Waals surface area contributed by atoms with Crippen molar-refractivity contribution in [3.05, 3.63) is 14.8 Å². The van der Waals surface area contributed by atoms with Gasteiger partial charge in [-0.25, -0.2) is 4.98 Å². The molecule has 8 heteroatoms. The van der Waals surface area contributed by atoms with Gasteiger partial charge in [0, 0.05) is 6.07 Å². The summed E-state index contributed by atoms with van der Waals surface area (Å²) < 4.78 is 39.3. The molecular formula is C6H3ClF3IN2O. The highest BCUT2D eigenvalue weighted by molar-refractivity contribution is 14.1. The third-order valence-corrected chi connectivity index (χ3v) is 2.76. The summed E-state index contributed by atoms with van der Waals surface area (Å²) in [6, 6.07) is 0.959. The Morgan fingerprint density at radius 1 is 1.50 bits per heavy atom. The number of pyridine rings is 1. The van der Waals surface area contributed by atoms with Gasteiger partial charge in [0.15, 0.2) is 0 Å². The summed E-state index contributed by atoms with van der Waals surface area (Å²) in [6.45, 7) is 0. The van der Waals surface area contributed by atoms with Gasteiger partial charge in [0.2, 0.25) is 0 Å². The molecule has 0 spiro atoms. The molecule has 0 fully saturated rings. The molecule has 0 aromatic carbocycles. The van der Waals surface area contributed by atoms with Crippen LogP contribution in [0.25, 0.3) is 0 Å². The van der Waals surface area contributed by atoms with Crippen LogP contribution in [0.1, 0.15) is 0 Å². The molecule has 1 aromatic heterocycles. The fraction of sp³-hybridized carbons (Fsp3) is 0.167. The Balaban J connectivity index is 3.09. The Kier molecular flexibility index (Phi) is 3.30. The van der Waals surface area contributed by atoms with Crippen LogP contribution < -0.4 is 10.5 Å². The number of nitrogens with zero attached hydrogens (tertiary/aromatic N) is 1. The van der Waals surface area contributed by atoms with E-state index >= 15 is 0 Å². The SMILES string of the molecule is Nc1cc(OC(F)(F)F)c(I)c(Cl)n1. The highest BCUT2D eigenvalue weighted by atomic mass is 127. The van der Waals surface area contributed by atoms with Gasteiger partial charge in [0.25, 0.3) is 0 Å². The molecular weight excluding hydrogens is 335 g/mol. The van der Waals surface area contributed by atoms with E-state index in [1.165, 1.54) is 0 Å². The quantitative estimate of drug-likeness (QED) is 0.633. The van der Waals surface area contributed by atoms with Crippen molar-refractivity contribution in [3.63, 3.8) is 0 Å².